The molecule has 0 aliphatic carbocycles. The van der Waals surface area contributed by atoms with Crippen molar-refractivity contribution in [2.45, 2.75) is 47.9 Å². The fourth-order valence-corrected chi connectivity index (χ4v) is 2.66. The fraction of sp³-hybridized carbons (Fsp3) is 0.526. The molecule has 6 nitrogen and oxygen atoms in total. The number of methoxy groups -OCH3 is 2. The Bertz CT molecular complexity index is 1180. The molecular weight excluding hydrogens is 626 g/mol. The number of carbonyl (C=O) groups is 3. The highest BCUT2D eigenvalue weighted by Crippen LogP contribution is 2.62. The van der Waals surface area contributed by atoms with Crippen LogP contribution in [0.3, 0.4) is 0 Å². The number of ether oxygens (including phenoxy) is 2. The van der Waals surface area contributed by atoms with E-state index in [9.17, 15) is 84.6 Å². The summed E-state index contributed by atoms with van der Waals surface area (Å²) in [6, 6.07) is 1.29. The van der Waals surface area contributed by atoms with Gasteiger partial charge in [-0.3, -0.25) is 4.79 Å². The zero-order chi connectivity index (χ0) is 32.8. The number of benzene rings is 1. The monoisotopic (exact) mass is 637 g/mol. The van der Waals surface area contributed by atoms with Crippen LogP contribution in [0.5, 0.6) is 0 Å². The zero-order valence-electron chi connectivity index (χ0n) is 19.4. The van der Waals surface area contributed by atoms with E-state index in [2.05, 4.69) is 9.47 Å². The van der Waals surface area contributed by atoms with E-state index >= 15 is 0 Å². The molecule has 0 fully saturated rings. The highest BCUT2D eigenvalue weighted by atomic mass is 19.4. The smallest absolute Gasteiger partial charge is 0.393 e. The molecular formula is C19H11F16NO5. The lowest BCUT2D eigenvalue weighted by atomic mass is 9.89. The molecule has 234 valence electrons. The van der Waals surface area contributed by atoms with E-state index in [4.69, 9.17) is 0 Å². The van der Waals surface area contributed by atoms with Gasteiger partial charge in [-0.1, -0.05) is 0 Å². The Labute approximate surface area is 215 Å². The predicted molar refractivity (Wildman–Crippen MR) is 98.4 cm³/mol. The summed E-state index contributed by atoms with van der Waals surface area (Å²) in [5.41, 5.74) is -3.39. The van der Waals surface area contributed by atoms with Crippen molar-refractivity contribution in [2.75, 3.05) is 19.5 Å². The summed E-state index contributed by atoms with van der Waals surface area (Å²) < 4.78 is 224. The highest BCUT2D eigenvalue weighted by molar-refractivity contribution is 6.05. The molecule has 41 heavy (non-hydrogen) atoms. The van der Waals surface area contributed by atoms with Crippen LogP contribution in [0, 0.1) is 0 Å². The number of halogens is 16. The molecule has 1 aromatic rings. The molecule has 1 N–H and O–H groups in total. The number of carbonyl (C=O) groups excluding carboxylic acids is 3. The number of rotatable bonds is 11. The third-order valence-electron chi connectivity index (χ3n) is 5.04. The van der Waals surface area contributed by atoms with Crippen LogP contribution in [0.2, 0.25) is 0 Å². The Kier molecular flexibility index (Phi) is 9.30. The van der Waals surface area contributed by atoms with Crippen molar-refractivity contribution < 1.29 is 94.1 Å². The summed E-state index contributed by atoms with van der Waals surface area (Å²) in [4.78, 5) is 35.1. The average molecular weight is 637 g/mol. The van der Waals surface area contributed by atoms with Gasteiger partial charge in [0, 0.05) is 0 Å². The van der Waals surface area contributed by atoms with E-state index in [1.165, 1.54) is 0 Å². The van der Waals surface area contributed by atoms with Crippen molar-refractivity contribution in [3.8, 4) is 0 Å². The van der Waals surface area contributed by atoms with Crippen molar-refractivity contribution in [1.82, 2.24) is 0 Å². The van der Waals surface area contributed by atoms with E-state index in [-0.39, 0.29) is 6.07 Å². The molecule has 22 heteroatoms. The maximum Gasteiger partial charge on any atom is 0.393 e. The lowest BCUT2D eigenvalue weighted by Crippen LogP contribution is -2.74. The Morgan fingerprint density at radius 2 is 1.07 bits per heavy atom. The Morgan fingerprint density at radius 1 is 0.659 bits per heavy atom. The van der Waals surface area contributed by atoms with E-state index in [1.807, 2.05) is 0 Å². The Morgan fingerprint density at radius 3 is 1.49 bits per heavy atom. The first-order valence-electron chi connectivity index (χ1n) is 9.70. The minimum absolute atomic E-state index is 0.179. The molecule has 0 aliphatic rings. The van der Waals surface area contributed by atoms with Crippen LogP contribution < -0.4 is 5.32 Å². The van der Waals surface area contributed by atoms with Gasteiger partial charge in [-0.2, -0.15) is 61.5 Å². The first-order valence-corrected chi connectivity index (χ1v) is 9.70. The standard InChI is InChI=1S/C19H11F16NO5/c1-40-9(37)6-3-4-7(10(38)41-2)8(5-6)36-12(39)14(24,25)16(28,29)18(32,33)19(34,35)17(30,31)15(26,27)13(22,23)11(20)21/h3-5,11H,1-2H3,(H,36,39). The summed E-state index contributed by atoms with van der Waals surface area (Å²) in [6.45, 7) is 0. The van der Waals surface area contributed by atoms with Crippen molar-refractivity contribution in [1.29, 1.82) is 0 Å². The van der Waals surface area contributed by atoms with Crippen molar-refractivity contribution in [2.24, 2.45) is 0 Å². The van der Waals surface area contributed by atoms with Crippen LogP contribution in [0.4, 0.5) is 75.9 Å². The molecule has 0 aliphatic heterocycles. The fourth-order valence-electron chi connectivity index (χ4n) is 2.66. The number of hydrogen-bond donors (Lipinski definition) is 1. The first kappa shape index (κ1) is 35.5. The number of amides is 1. The van der Waals surface area contributed by atoms with E-state index < -0.39 is 82.5 Å². The quantitative estimate of drug-likeness (QED) is 0.241. The number of hydrogen-bond acceptors (Lipinski definition) is 5. The minimum Gasteiger partial charge on any atom is -0.465 e. The number of nitrogens with one attached hydrogen (secondary N) is 1. The summed E-state index contributed by atoms with van der Waals surface area (Å²) in [7, 11) is 1.31. The summed E-state index contributed by atoms with van der Waals surface area (Å²) in [6.07, 6.45) is -6.00. The summed E-state index contributed by atoms with van der Waals surface area (Å²) in [5.74, 6) is -64.2. The highest BCUT2D eigenvalue weighted by Gasteiger charge is 2.94. The minimum atomic E-state index is -8.70. The topological polar surface area (TPSA) is 81.7 Å². The van der Waals surface area contributed by atoms with E-state index in [0.717, 1.165) is 0 Å². The zero-order valence-corrected chi connectivity index (χ0v) is 19.4. The molecule has 0 saturated carbocycles. The van der Waals surface area contributed by atoms with Crippen molar-refractivity contribution in [3.05, 3.63) is 29.3 Å². The van der Waals surface area contributed by atoms with Gasteiger partial charge in [0.05, 0.1) is 31.0 Å². The second-order valence-electron chi connectivity index (χ2n) is 7.57. The normalized spacial score (nSPS) is 14.1. The molecule has 0 saturated heterocycles. The Hall–Kier alpha value is -3.49. The van der Waals surface area contributed by atoms with Gasteiger partial charge in [0.25, 0.3) is 0 Å². The van der Waals surface area contributed by atoms with Gasteiger partial charge in [0.2, 0.25) is 0 Å². The van der Waals surface area contributed by atoms with Gasteiger partial charge >= 0.3 is 65.7 Å². The average Bonchev–Trinajstić information content (AvgIpc) is 2.86. The molecule has 0 aromatic heterocycles. The lowest BCUT2D eigenvalue weighted by molar-refractivity contribution is -0.443. The molecule has 1 aromatic carbocycles. The molecule has 0 bridgehead atoms. The molecule has 0 unspecified atom stereocenters. The largest absolute Gasteiger partial charge is 0.465 e. The molecule has 0 spiro atoms. The predicted octanol–water partition coefficient (Wildman–Crippen LogP) is 5.91. The molecule has 1 amide bonds. The van der Waals surface area contributed by atoms with Gasteiger partial charge in [-0.25, -0.2) is 18.4 Å². The molecule has 0 radical (unpaired) electrons. The number of alkyl halides is 16. The van der Waals surface area contributed by atoms with Crippen molar-refractivity contribution >= 4 is 23.5 Å². The van der Waals surface area contributed by atoms with Crippen LogP contribution in [0.25, 0.3) is 0 Å². The summed E-state index contributed by atoms with van der Waals surface area (Å²) >= 11 is 0. The maximum atomic E-state index is 14.2. The van der Waals surface area contributed by atoms with Crippen LogP contribution in [0.15, 0.2) is 18.2 Å². The van der Waals surface area contributed by atoms with Crippen LogP contribution in [-0.4, -0.2) is 79.9 Å². The van der Waals surface area contributed by atoms with Gasteiger partial charge in [0.15, 0.2) is 0 Å². The first-order chi connectivity index (χ1) is 18.1. The second-order valence-corrected chi connectivity index (χ2v) is 7.57. The third-order valence-corrected chi connectivity index (χ3v) is 5.04. The molecule has 0 atom stereocenters. The second kappa shape index (κ2) is 10.7. The van der Waals surface area contributed by atoms with Crippen LogP contribution in [0.1, 0.15) is 20.7 Å². The maximum absolute atomic E-state index is 14.2. The number of esters is 2. The van der Waals surface area contributed by atoms with Crippen LogP contribution in [-0.2, 0) is 14.3 Å². The van der Waals surface area contributed by atoms with Crippen LogP contribution >= 0.6 is 0 Å². The van der Waals surface area contributed by atoms with Gasteiger partial charge in [-0.15, -0.1) is 0 Å². The lowest BCUT2D eigenvalue weighted by Gasteiger charge is -2.42. The molecule has 0 heterocycles. The van der Waals surface area contributed by atoms with Gasteiger partial charge in [-0.05, 0) is 18.2 Å². The van der Waals surface area contributed by atoms with Gasteiger partial charge < -0.3 is 14.8 Å². The number of anilines is 1. The molecule has 1 rings (SSSR count). The summed E-state index contributed by atoms with van der Waals surface area (Å²) in [5, 5.41) is 0.613. The SMILES string of the molecule is COC(=O)c1ccc(C(=O)OC)c(NC(=O)C(F)(F)C(F)(F)C(F)(F)C(F)(F)C(F)(F)C(F)(F)C(F)(F)C(F)F)c1. The van der Waals surface area contributed by atoms with Gasteiger partial charge in [0.1, 0.15) is 0 Å². The van der Waals surface area contributed by atoms with E-state index in [1.54, 1.807) is 0 Å². The Balaban J connectivity index is 3.70. The van der Waals surface area contributed by atoms with E-state index in [0.29, 0.717) is 31.7 Å². The third kappa shape index (κ3) is 5.19. The van der Waals surface area contributed by atoms with Crippen molar-refractivity contribution in [3.63, 3.8) is 0 Å².